The highest BCUT2D eigenvalue weighted by Crippen LogP contribution is 2.25. The van der Waals surface area contributed by atoms with E-state index >= 15 is 0 Å². The normalized spacial score (nSPS) is 10.3. The van der Waals surface area contributed by atoms with Crippen molar-refractivity contribution in [1.82, 2.24) is 15.3 Å². The van der Waals surface area contributed by atoms with E-state index in [1.165, 1.54) is 18.3 Å². The van der Waals surface area contributed by atoms with E-state index in [9.17, 15) is 9.18 Å². The third-order valence-electron chi connectivity index (χ3n) is 3.40. The Labute approximate surface area is 154 Å². The first-order valence-corrected chi connectivity index (χ1v) is 8.07. The fourth-order valence-corrected chi connectivity index (χ4v) is 2.16. The number of halogens is 1. The van der Waals surface area contributed by atoms with Gasteiger partial charge in [0.05, 0.1) is 12.3 Å². The van der Waals surface area contributed by atoms with Gasteiger partial charge in [-0.2, -0.15) is 4.98 Å². The van der Waals surface area contributed by atoms with Crippen LogP contribution in [0.25, 0.3) is 11.3 Å². The molecule has 138 valence electrons. The van der Waals surface area contributed by atoms with Gasteiger partial charge in [0.2, 0.25) is 0 Å². The fourth-order valence-electron chi connectivity index (χ4n) is 2.16. The Bertz CT molecular complexity index is 902. The van der Waals surface area contributed by atoms with Crippen molar-refractivity contribution in [2.24, 2.45) is 0 Å². The lowest BCUT2D eigenvalue weighted by atomic mass is 10.1. The molecule has 0 fully saturated rings. The molecule has 0 saturated heterocycles. The van der Waals surface area contributed by atoms with Crippen molar-refractivity contribution < 1.29 is 23.8 Å². The van der Waals surface area contributed by atoms with Crippen molar-refractivity contribution in [2.45, 2.75) is 0 Å². The number of rotatable bonds is 6. The molecule has 0 bridgehead atoms. The van der Waals surface area contributed by atoms with Crippen molar-refractivity contribution in [3.05, 3.63) is 66.6 Å². The van der Waals surface area contributed by atoms with Crippen LogP contribution in [0, 0.1) is 5.82 Å². The predicted molar refractivity (Wildman–Crippen MR) is 95.1 cm³/mol. The molecule has 0 saturated carbocycles. The molecule has 7 nitrogen and oxygen atoms in total. The number of ether oxygens (including phenoxy) is 2. The van der Waals surface area contributed by atoms with Crippen molar-refractivity contribution in [2.75, 3.05) is 13.2 Å². The van der Waals surface area contributed by atoms with Crippen molar-refractivity contribution >= 4 is 6.09 Å². The summed E-state index contributed by atoms with van der Waals surface area (Å²) >= 11 is 0. The van der Waals surface area contributed by atoms with Crippen LogP contribution in [-0.4, -0.2) is 34.3 Å². The monoisotopic (exact) mass is 369 g/mol. The highest BCUT2D eigenvalue weighted by Gasteiger charge is 2.08. The van der Waals surface area contributed by atoms with Crippen molar-refractivity contribution in [3.8, 4) is 28.8 Å². The van der Waals surface area contributed by atoms with Crippen LogP contribution in [-0.2, 0) is 0 Å². The number of benzene rings is 2. The Balaban J connectivity index is 1.68. The summed E-state index contributed by atoms with van der Waals surface area (Å²) in [5.74, 6) is 0.777. The van der Waals surface area contributed by atoms with Gasteiger partial charge >= 0.3 is 12.1 Å². The van der Waals surface area contributed by atoms with Gasteiger partial charge < -0.3 is 19.9 Å². The Morgan fingerprint density at radius 2 is 1.70 bits per heavy atom. The summed E-state index contributed by atoms with van der Waals surface area (Å²) in [6, 6.07) is 14.4. The zero-order valence-corrected chi connectivity index (χ0v) is 14.1. The predicted octanol–water partition coefficient (Wildman–Crippen LogP) is 3.16. The summed E-state index contributed by atoms with van der Waals surface area (Å²) in [6.07, 6.45) is 0.726. The first-order valence-electron chi connectivity index (χ1n) is 8.07. The molecule has 2 aromatic carbocycles. The minimum atomic E-state index is -0.746. The number of aliphatic hydroxyl groups excluding tert-OH is 1. The zero-order valence-electron chi connectivity index (χ0n) is 14.1. The smallest absolute Gasteiger partial charge is 0.415 e. The highest BCUT2D eigenvalue weighted by atomic mass is 19.1. The molecule has 0 aliphatic carbocycles. The van der Waals surface area contributed by atoms with E-state index in [1.54, 1.807) is 42.5 Å². The second kappa shape index (κ2) is 8.72. The van der Waals surface area contributed by atoms with Crippen LogP contribution in [0.2, 0.25) is 0 Å². The molecular weight excluding hydrogens is 353 g/mol. The second-order valence-corrected chi connectivity index (χ2v) is 5.34. The summed E-state index contributed by atoms with van der Waals surface area (Å²) in [5.41, 5.74) is 1.33. The summed E-state index contributed by atoms with van der Waals surface area (Å²) < 4.78 is 23.5. The first-order chi connectivity index (χ1) is 13.1. The maximum absolute atomic E-state index is 12.9. The second-order valence-electron chi connectivity index (χ2n) is 5.34. The number of carbonyl (C=O) groups is 1. The number of nitrogens with zero attached hydrogens (tertiary/aromatic N) is 2. The Morgan fingerprint density at radius 1 is 1.04 bits per heavy atom. The van der Waals surface area contributed by atoms with Crippen molar-refractivity contribution in [3.63, 3.8) is 0 Å². The number of aliphatic hydroxyl groups is 1. The first kappa shape index (κ1) is 18.3. The SMILES string of the molecule is O=C(NCCO)Oc1nccc(-c2ccc(Oc3ccc(F)cc3)cc2)n1. The lowest BCUT2D eigenvalue weighted by Gasteiger charge is -2.08. The molecule has 0 aliphatic heterocycles. The summed E-state index contributed by atoms with van der Waals surface area (Å²) in [6.45, 7) is -0.115. The number of carbonyl (C=O) groups excluding carboxylic acids is 1. The Hall–Kier alpha value is -3.52. The van der Waals surface area contributed by atoms with Crippen LogP contribution in [0.1, 0.15) is 0 Å². The topological polar surface area (TPSA) is 93.6 Å². The van der Waals surface area contributed by atoms with Gasteiger partial charge in [0, 0.05) is 18.3 Å². The number of hydrogen-bond donors (Lipinski definition) is 2. The molecule has 0 radical (unpaired) electrons. The molecule has 0 unspecified atom stereocenters. The van der Waals surface area contributed by atoms with Crippen molar-refractivity contribution in [1.29, 1.82) is 0 Å². The van der Waals surface area contributed by atoms with Gasteiger partial charge in [0.15, 0.2) is 0 Å². The van der Waals surface area contributed by atoms with E-state index in [4.69, 9.17) is 14.6 Å². The number of amides is 1. The van der Waals surface area contributed by atoms with Gasteiger partial charge in [0.25, 0.3) is 0 Å². The third-order valence-corrected chi connectivity index (χ3v) is 3.40. The molecule has 1 amide bonds. The van der Waals surface area contributed by atoms with Gasteiger partial charge in [-0.1, -0.05) is 0 Å². The quantitative estimate of drug-likeness (QED) is 0.693. The van der Waals surface area contributed by atoms with Crippen LogP contribution in [0.4, 0.5) is 9.18 Å². The highest BCUT2D eigenvalue weighted by molar-refractivity contribution is 5.69. The van der Waals surface area contributed by atoms with E-state index in [0.717, 1.165) is 5.56 Å². The largest absolute Gasteiger partial charge is 0.457 e. The van der Waals surface area contributed by atoms with Crippen LogP contribution >= 0.6 is 0 Å². The summed E-state index contributed by atoms with van der Waals surface area (Å²) in [5, 5.41) is 11.0. The van der Waals surface area contributed by atoms with Gasteiger partial charge in [-0.25, -0.2) is 14.2 Å². The molecule has 3 rings (SSSR count). The number of aromatic nitrogens is 2. The standard InChI is InChI=1S/C19H16FN3O4/c20-14-3-7-16(8-4-14)26-15-5-1-13(2-6-15)17-9-10-21-18(23-17)27-19(25)22-11-12-24/h1-10,24H,11-12H2,(H,22,25). The fraction of sp³-hybridized carbons (Fsp3) is 0.105. The van der Waals surface area contributed by atoms with Crippen LogP contribution in [0.5, 0.6) is 17.5 Å². The number of nitrogens with one attached hydrogen (secondary N) is 1. The van der Waals surface area contributed by atoms with Crippen LogP contribution in [0.3, 0.4) is 0 Å². The van der Waals surface area contributed by atoms with E-state index in [2.05, 4.69) is 15.3 Å². The molecular formula is C19H16FN3O4. The van der Waals surface area contributed by atoms with E-state index in [1.807, 2.05) is 0 Å². The molecule has 27 heavy (non-hydrogen) atoms. The molecule has 3 aromatic rings. The van der Waals surface area contributed by atoms with E-state index in [-0.39, 0.29) is 25.0 Å². The minimum absolute atomic E-state index is 0.0774. The van der Waals surface area contributed by atoms with Gasteiger partial charge in [-0.3, -0.25) is 0 Å². The average molecular weight is 369 g/mol. The Kier molecular flexibility index (Phi) is 5.91. The van der Waals surface area contributed by atoms with E-state index in [0.29, 0.717) is 17.2 Å². The van der Waals surface area contributed by atoms with Gasteiger partial charge in [-0.15, -0.1) is 0 Å². The van der Waals surface area contributed by atoms with E-state index < -0.39 is 6.09 Å². The van der Waals surface area contributed by atoms with Gasteiger partial charge in [-0.05, 0) is 54.6 Å². The minimum Gasteiger partial charge on any atom is -0.457 e. The summed E-state index contributed by atoms with van der Waals surface area (Å²) in [7, 11) is 0. The molecule has 1 aromatic heterocycles. The maximum Gasteiger partial charge on any atom is 0.415 e. The lowest BCUT2D eigenvalue weighted by Crippen LogP contribution is -2.29. The lowest BCUT2D eigenvalue weighted by molar-refractivity contribution is 0.192. The van der Waals surface area contributed by atoms with Crippen LogP contribution < -0.4 is 14.8 Å². The maximum atomic E-state index is 12.9. The molecule has 0 atom stereocenters. The molecule has 0 spiro atoms. The molecule has 0 aliphatic rings. The van der Waals surface area contributed by atoms with Crippen LogP contribution in [0.15, 0.2) is 60.8 Å². The van der Waals surface area contributed by atoms with Gasteiger partial charge in [0.1, 0.15) is 17.3 Å². The zero-order chi connectivity index (χ0) is 19.1. The molecule has 1 heterocycles. The Morgan fingerprint density at radius 3 is 2.37 bits per heavy atom. The summed E-state index contributed by atoms with van der Waals surface area (Å²) in [4.78, 5) is 19.6. The molecule has 8 heteroatoms. The average Bonchev–Trinajstić information content (AvgIpc) is 2.69. The molecule has 2 N–H and O–H groups in total. The third kappa shape index (κ3) is 5.23. The number of hydrogen-bond acceptors (Lipinski definition) is 6.